The van der Waals surface area contributed by atoms with Crippen LogP contribution in [-0.2, 0) is 27.1 Å². The summed E-state index contributed by atoms with van der Waals surface area (Å²) in [5, 5.41) is 0.413. The molecule has 0 N–H and O–H groups in total. The first kappa shape index (κ1) is 26.5. The summed E-state index contributed by atoms with van der Waals surface area (Å²) in [6.45, 7) is 4.03. The first-order valence-electron chi connectivity index (χ1n) is 12.2. The van der Waals surface area contributed by atoms with Crippen LogP contribution in [0.2, 0.25) is 0 Å². The minimum atomic E-state index is -3.70. The largest absolute Gasteiger partial charge is 0.376 e. The average molecular weight is 558 g/mol. The molecule has 0 radical (unpaired) electrons. The first-order valence-corrected chi connectivity index (χ1v) is 14.6. The molecular weight excluding hydrogens is 530 g/mol. The minimum absolute atomic E-state index is 0.0764. The first-order chi connectivity index (χ1) is 17.6. The number of benzene rings is 2. The number of nitrogens with zero attached hydrogens (tertiary/aromatic N) is 3. The van der Waals surface area contributed by atoms with Crippen LogP contribution in [0, 0.1) is 29.2 Å². The standard InChI is InChI=1S/C25H27F4N3O3S2/c1-15-4-2-8-31(12-15)37(33,34)18-6-7-21-20(11-18)30-25(32(21)13-17-5-3-9-35-17)36-14-16-10-19(26)23(28)24(29)22(16)27/h6-7,10-11,15,17H,2-5,8-9,12-14H2,1H3/t15-,17+/m0/s1. The lowest BCUT2D eigenvalue weighted by Gasteiger charge is -2.30. The Kier molecular flexibility index (Phi) is 7.54. The summed E-state index contributed by atoms with van der Waals surface area (Å²) in [5.41, 5.74) is 0.768. The van der Waals surface area contributed by atoms with E-state index in [9.17, 15) is 26.0 Å². The molecule has 0 bridgehead atoms. The van der Waals surface area contributed by atoms with Crippen molar-refractivity contribution >= 4 is 32.8 Å². The van der Waals surface area contributed by atoms with Gasteiger partial charge in [0, 0.05) is 31.0 Å². The zero-order valence-corrected chi connectivity index (χ0v) is 21.9. The second kappa shape index (κ2) is 10.5. The van der Waals surface area contributed by atoms with Crippen molar-refractivity contribution < 1.29 is 30.7 Å². The maximum absolute atomic E-state index is 14.3. The predicted molar refractivity (Wildman–Crippen MR) is 132 cm³/mol. The third-order valence-corrected chi connectivity index (χ3v) is 9.77. The monoisotopic (exact) mass is 557 g/mol. The van der Waals surface area contributed by atoms with E-state index in [4.69, 9.17) is 4.74 Å². The Hall–Kier alpha value is -2.15. The Morgan fingerprint density at radius 2 is 1.89 bits per heavy atom. The predicted octanol–water partition coefficient (Wildman–Crippen LogP) is 5.48. The molecule has 6 nitrogen and oxygen atoms in total. The van der Waals surface area contributed by atoms with E-state index in [1.165, 1.54) is 10.4 Å². The second-order valence-electron chi connectivity index (χ2n) is 9.65. The van der Waals surface area contributed by atoms with E-state index in [2.05, 4.69) is 4.98 Å². The van der Waals surface area contributed by atoms with Crippen molar-refractivity contribution in [1.29, 1.82) is 0 Å². The quantitative estimate of drug-likeness (QED) is 0.167. The smallest absolute Gasteiger partial charge is 0.243 e. The van der Waals surface area contributed by atoms with Crippen LogP contribution in [0.25, 0.3) is 11.0 Å². The van der Waals surface area contributed by atoms with Crippen LogP contribution >= 0.6 is 11.8 Å². The van der Waals surface area contributed by atoms with Gasteiger partial charge in [0.2, 0.25) is 10.0 Å². The van der Waals surface area contributed by atoms with Crippen LogP contribution in [0.15, 0.2) is 34.3 Å². The van der Waals surface area contributed by atoms with Crippen molar-refractivity contribution in [2.24, 2.45) is 5.92 Å². The molecule has 2 fully saturated rings. The van der Waals surface area contributed by atoms with E-state index < -0.39 is 33.3 Å². The summed E-state index contributed by atoms with van der Waals surface area (Å²) in [7, 11) is -3.70. The number of rotatable bonds is 7. The van der Waals surface area contributed by atoms with Crippen molar-refractivity contribution in [3.8, 4) is 0 Å². The van der Waals surface area contributed by atoms with Gasteiger partial charge in [-0.25, -0.2) is 31.0 Å². The summed E-state index contributed by atoms with van der Waals surface area (Å²) in [5.74, 6) is -6.55. The molecular formula is C25H27F4N3O3S2. The van der Waals surface area contributed by atoms with Gasteiger partial charge in [0.25, 0.3) is 0 Å². The van der Waals surface area contributed by atoms with E-state index in [0.29, 0.717) is 48.5 Å². The summed E-state index contributed by atoms with van der Waals surface area (Å²) < 4.78 is 90.8. The third kappa shape index (κ3) is 5.25. The van der Waals surface area contributed by atoms with Crippen molar-refractivity contribution in [3.63, 3.8) is 0 Å². The molecule has 3 aromatic rings. The molecule has 2 aliphatic rings. The Balaban J connectivity index is 1.49. The van der Waals surface area contributed by atoms with Crippen molar-refractivity contribution in [3.05, 3.63) is 53.1 Å². The number of thioether (sulfide) groups is 1. The molecule has 0 spiro atoms. The molecule has 0 aliphatic carbocycles. The Morgan fingerprint density at radius 1 is 1.08 bits per heavy atom. The number of fused-ring (bicyclic) bond motifs is 1. The van der Waals surface area contributed by atoms with Crippen LogP contribution in [0.3, 0.4) is 0 Å². The van der Waals surface area contributed by atoms with E-state index in [0.717, 1.165) is 37.4 Å². The van der Waals surface area contributed by atoms with Crippen LogP contribution in [-0.4, -0.2) is 48.1 Å². The lowest BCUT2D eigenvalue weighted by molar-refractivity contribution is 0.0960. The number of imidazole rings is 1. The molecule has 12 heteroatoms. The molecule has 5 rings (SSSR count). The Morgan fingerprint density at radius 3 is 2.62 bits per heavy atom. The second-order valence-corrected chi connectivity index (χ2v) is 12.5. The Labute approximate surface area is 217 Å². The highest BCUT2D eigenvalue weighted by atomic mass is 32.2. The number of sulfonamides is 1. The maximum atomic E-state index is 14.3. The zero-order valence-electron chi connectivity index (χ0n) is 20.2. The molecule has 1 aromatic heterocycles. The molecule has 2 saturated heterocycles. The fourth-order valence-electron chi connectivity index (χ4n) is 4.91. The van der Waals surface area contributed by atoms with Gasteiger partial charge >= 0.3 is 0 Å². The Bertz CT molecular complexity index is 1420. The SMILES string of the molecule is C[C@H]1CCCN(S(=O)(=O)c2ccc3c(c2)nc(SCc2cc(F)c(F)c(F)c2F)n3C[C@H]2CCCO2)C1. The fraction of sp³-hybridized carbons (Fsp3) is 0.480. The van der Waals surface area contributed by atoms with Gasteiger partial charge in [-0.1, -0.05) is 18.7 Å². The van der Waals surface area contributed by atoms with Crippen LogP contribution in [0.5, 0.6) is 0 Å². The number of ether oxygens (including phenoxy) is 1. The summed E-state index contributed by atoms with van der Waals surface area (Å²) in [6, 6.07) is 5.42. The number of piperidine rings is 1. The van der Waals surface area contributed by atoms with Gasteiger partial charge in [-0.2, -0.15) is 4.31 Å². The highest BCUT2D eigenvalue weighted by Crippen LogP contribution is 2.32. The van der Waals surface area contributed by atoms with Gasteiger partial charge in [-0.3, -0.25) is 0 Å². The normalized spacial score (nSPS) is 21.2. The number of aromatic nitrogens is 2. The molecule has 3 heterocycles. The van der Waals surface area contributed by atoms with E-state index in [-0.39, 0.29) is 28.2 Å². The highest BCUT2D eigenvalue weighted by Gasteiger charge is 2.30. The van der Waals surface area contributed by atoms with Gasteiger partial charge in [0.05, 0.1) is 28.6 Å². The molecule has 2 atom stereocenters. The van der Waals surface area contributed by atoms with E-state index in [1.54, 1.807) is 12.1 Å². The average Bonchev–Trinajstić information content (AvgIpc) is 3.52. The maximum Gasteiger partial charge on any atom is 0.243 e. The molecule has 200 valence electrons. The summed E-state index contributed by atoms with van der Waals surface area (Å²) >= 11 is 1.03. The van der Waals surface area contributed by atoms with Gasteiger partial charge in [-0.15, -0.1) is 0 Å². The lowest BCUT2D eigenvalue weighted by Crippen LogP contribution is -2.39. The van der Waals surface area contributed by atoms with Gasteiger partial charge in [0.1, 0.15) is 0 Å². The van der Waals surface area contributed by atoms with Crippen LogP contribution < -0.4 is 0 Å². The molecule has 0 saturated carbocycles. The van der Waals surface area contributed by atoms with E-state index in [1.807, 2.05) is 11.5 Å². The van der Waals surface area contributed by atoms with Crippen molar-refractivity contribution in [2.75, 3.05) is 19.7 Å². The lowest BCUT2D eigenvalue weighted by atomic mass is 10.0. The number of hydrogen-bond acceptors (Lipinski definition) is 5. The van der Waals surface area contributed by atoms with Gasteiger partial charge in [-0.05, 0) is 55.9 Å². The highest BCUT2D eigenvalue weighted by molar-refractivity contribution is 7.98. The topological polar surface area (TPSA) is 64.4 Å². The molecule has 37 heavy (non-hydrogen) atoms. The van der Waals surface area contributed by atoms with Crippen molar-refractivity contribution in [1.82, 2.24) is 13.9 Å². The molecule has 0 amide bonds. The summed E-state index contributed by atoms with van der Waals surface area (Å²) in [6.07, 6.45) is 3.47. The fourth-order valence-corrected chi connectivity index (χ4v) is 7.51. The van der Waals surface area contributed by atoms with Crippen LogP contribution in [0.1, 0.15) is 38.2 Å². The van der Waals surface area contributed by atoms with Gasteiger partial charge < -0.3 is 9.30 Å². The van der Waals surface area contributed by atoms with Crippen LogP contribution in [0.4, 0.5) is 17.6 Å². The molecule has 2 aliphatic heterocycles. The van der Waals surface area contributed by atoms with Gasteiger partial charge in [0.15, 0.2) is 28.4 Å². The number of hydrogen-bond donors (Lipinski definition) is 0. The zero-order chi connectivity index (χ0) is 26.3. The summed E-state index contributed by atoms with van der Waals surface area (Å²) in [4.78, 5) is 4.74. The third-order valence-electron chi connectivity index (χ3n) is 6.89. The van der Waals surface area contributed by atoms with Crippen molar-refractivity contribution in [2.45, 2.75) is 61.1 Å². The van der Waals surface area contributed by atoms with E-state index >= 15 is 0 Å². The number of halogens is 4. The molecule has 2 aromatic carbocycles. The minimum Gasteiger partial charge on any atom is -0.376 e. The molecule has 0 unspecified atom stereocenters.